The Morgan fingerprint density at radius 1 is 1.05 bits per heavy atom. The van der Waals surface area contributed by atoms with Gasteiger partial charge in [-0.15, -0.1) is 10.2 Å². The molecule has 0 atom stereocenters. The molecular weight excluding hydrogens is 480 g/mol. The van der Waals surface area contributed by atoms with E-state index in [1.807, 2.05) is 24.3 Å². The number of thioether (sulfide) groups is 1. The van der Waals surface area contributed by atoms with Crippen LogP contribution in [0, 0.1) is 5.92 Å². The Labute approximate surface area is 222 Å². The molecule has 6 rings (SSSR count). The highest BCUT2D eigenvalue weighted by molar-refractivity contribution is 7.99. The van der Waals surface area contributed by atoms with Crippen molar-refractivity contribution in [3.05, 3.63) is 70.0 Å². The first-order valence-corrected chi connectivity index (χ1v) is 14.4. The number of aromatic nitrogens is 4. The smallest absolute Gasteiger partial charge is 0.263 e. The van der Waals surface area contributed by atoms with Crippen molar-refractivity contribution in [3.63, 3.8) is 0 Å². The van der Waals surface area contributed by atoms with E-state index in [4.69, 9.17) is 4.74 Å². The minimum absolute atomic E-state index is 0.0262. The van der Waals surface area contributed by atoms with Crippen LogP contribution in [0.25, 0.3) is 22.7 Å². The highest BCUT2D eigenvalue weighted by Crippen LogP contribution is 2.49. The summed E-state index contributed by atoms with van der Waals surface area (Å²) in [5.74, 6) is 2.84. The van der Waals surface area contributed by atoms with Gasteiger partial charge in [0.1, 0.15) is 5.75 Å². The Balaban J connectivity index is 1.70. The van der Waals surface area contributed by atoms with Crippen molar-refractivity contribution in [2.45, 2.75) is 69.4 Å². The zero-order chi connectivity index (χ0) is 25.6. The second kappa shape index (κ2) is 9.67. The van der Waals surface area contributed by atoms with Gasteiger partial charge in [-0.3, -0.25) is 9.20 Å². The number of methoxy groups -OCH3 is 1. The molecule has 2 aromatic carbocycles. The van der Waals surface area contributed by atoms with E-state index in [1.165, 1.54) is 12.0 Å². The number of hydrogen-bond acceptors (Lipinski definition) is 5. The van der Waals surface area contributed by atoms with Crippen LogP contribution in [0.2, 0.25) is 0 Å². The predicted octanol–water partition coefficient (Wildman–Crippen LogP) is 6.45. The molecule has 2 aromatic heterocycles. The first-order valence-electron chi connectivity index (χ1n) is 13.4. The molecule has 4 aromatic rings. The number of nitrogens with zero attached hydrogens (tertiary/aromatic N) is 4. The lowest BCUT2D eigenvalue weighted by molar-refractivity contribution is 0.284. The van der Waals surface area contributed by atoms with E-state index in [0.29, 0.717) is 17.4 Å². The van der Waals surface area contributed by atoms with Gasteiger partial charge in [-0.2, -0.15) is 0 Å². The van der Waals surface area contributed by atoms with Crippen molar-refractivity contribution in [2.24, 2.45) is 5.92 Å². The zero-order valence-electron chi connectivity index (χ0n) is 21.9. The summed E-state index contributed by atoms with van der Waals surface area (Å²) in [6.07, 6.45) is 7.60. The van der Waals surface area contributed by atoms with Crippen molar-refractivity contribution in [3.8, 4) is 22.7 Å². The molecular formula is C30H34N4O2S. The summed E-state index contributed by atoms with van der Waals surface area (Å²) in [5.41, 5.74) is 5.01. The van der Waals surface area contributed by atoms with Gasteiger partial charge in [-0.25, -0.2) is 4.57 Å². The second-order valence-corrected chi connectivity index (χ2v) is 12.0. The molecule has 0 saturated heterocycles. The average Bonchev–Trinajstić information content (AvgIpc) is 3.32. The number of rotatable bonds is 6. The van der Waals surface area contributed by atoms with E-state index in [9.17, 15) is 4.79 Å². The molecule has 2 heterocycles. The lowest BCUT2D eigenvalue weighted by Crippen LogP contribution is -2.43. The molecule has 0 amide bonds. The van der Waals surface area contributed by atoms with Crippen molar-refractivity contribution in [2.75, 3.05) is 12.9 Å². The maximum atomic E-state index is 14.7. The van der Waals surface area contributed by atoms with Crippen molar-refractivity contribution in [1.82, 2.24) is 19.2 Å². The van der Waals surface area contributed by atoms with Crippen molar-refractivity contribution >= 4 is 17.5 Å². The average molecular weight is 515 g/mol. The summed E-state index contributed by atoms with van der Waals surface area (Å²) < 4.78 is 9.46. The van der Waals surface area contributed by atoms with Gasteiger partial charge in [0, 0.05) is 28.4 Å². The summed E-state index contributed by atoms with van der Waals surface area (Å²) in [4.78, 5) is 14.7. The topological polar surface area (TPSA) is 61.4 Å². The van der Waals surface area contributed by atoms with Gasteiger partial charge in [0.15, 0.2) is 5.16 Å². The molecule has 192 valence electrons. The third-order valence-electron chi connectivity index (χ3n) is 8.07. The Kier molecular flexibility index (Phi) is 6.35. The number of hydrogen-bond donors (Lipinski definition) is 0. The van der Waals surface area contributed by atoms with E-state index in [1.54, 1.807) is 23.4 Å². The molecule has 1 spiro atoms. The minimum atomic E-state index is -0.169. The van der Waals surface area contributed by atoms with Gasteiger partial charge in [-0.1, -0.05) is 75.2 Å². The standard InChI is InChI=1S/C30H34N4O2S/c1-20(2)14-17-37-29-32-31-28-33(22-11-9-12-23(18-22)36-3)27(35)25-26(34(28)29)24-13-6-5-10-21(24)19-30(25)15-7-4-8-16-30/h5-6,9-13,18,20H,4,7-8,14-17,19H2,1-3H3. The van der Waals surface area contributed by atoms with Crippen LogP contribution in [-0.2, 0) is 11.8 Å². The van der Waals surface area contributed by atoms with E-state index in [0.717, 1.165) is 71.9 Å². The lowest BCUT2D eigenvalue weighted by Gasteiger charge is -2.42. The van der Waals surface area contributed by atoms with Crippen LogP contribution in [0.4, 0.5) is 0 Å². The minimum Gasteiger partial charge on any atom is -0.497 e. The second-order valence-electron chi connectivity index (χ2n) is 10.9. The summed E-state index contributed by atoms with van der Waals surface area (Å²) in [6, 6.07) is 16.3. The zero-order valence-corrected chi connectivity index (χ0v) is 22.7. The summed E-state index contributed by atoms with van der Waals surface area (Å²) in [7, 11) is 1.65. The molecule has 0 radical (unpaired) electrons. The molecule has 37 heavy (non-hydrogen) atoms. The van der Waals surface area contributed by atoms with Crippen LogP contribution in [-0.4, -0.2) is 32.0 Å². The van der Waals surface area contributed by atoms with Crippen LogP contribution < -0.4 is 10.3 Å². The molecule has 1 fully saturated rings. The molecule has 0 bridgehead atoms. The van der Waals surface area contributed by atoms with E-state index in [2.05, 4.69) is 52.7 Å². The summed E-state index contributed by atoms with van der Waals surface area (Å²) >= 11 is 1.73. The molecule has 1 saturated carbocycles. The van der Waals surface area contributed by atoms with E-state index >= 15 is 0 Å². The largest absolute Gasteiger partial charge is 0.497 e. The third kappa shape index (κ3) is 4.08. The van der Waals surface area contributed by atoms with Crippen molar-refractivity contribution < 1.29 is 4.74 Å². The molecule has 0 N–H and O–H groups in total. The van der Waals surface area contributed by atoms with Crippen LogP contribution in [0.1, 0.15) is 63.5 Å². The van der Waals surface area contributed by atoms with Gasteiger partial charge in [0.05, 0.1) is 18.5 Å². The van der Waals surface area contributed by atoms with Gasteiger partial charge in [-0.05, 0) is 49.3 Å². The van der Waals surface area contributed by atoms with Crippen molar-refractivity contribution in [1.29, 1.82) is 0 Å². The van der Waals surface area contributed by atoms with E-state index in [-0.39, 0.29) is 11.0 Å². The molecule has 6 nitrogen and oxygen atoms in total. The number of benzene rings is 2. The van der Waals surface area contributed by atoms with Gasteiger partial charge < -0.3 is 4.74 Å². The fourth-order valence-electron chi connectivity index (χ4n) is 6.23. The monoisotopic (exact) mass is 514 g/mol. The Bertz CT molecular complexity index is 1510. The molecule has 2 aliphatic carbocycles. The molecule has 2 aliphatic rings. The van der Waals surface area contributed by atoms with Gasteiger partial charge in [0.2, 0.25) is 5.78 Å². The third-order valence-corrected chi connectivity index (χ3v) is 9.04. The SMILES string of the molecule is COc1cccc(-n2c(=O)c3c(n4c(SCCC(C)C)nnc24)-c2ccccc2CC32CCCCC2)c1. The maximum absolute atomic E-state index is 14.7. The van der Waals surface area contributed by atoms with Crippen LogP contribution >= 0.6 is 11.8 Å². The highest BCUT2D eigenvalue weighted by Gasteiger charge is 2.44. The first-order chi connectivity index (χ1) is 18.0. The molecule has 0 aliphatic heterocycles. The van der Waals surface area contributed by atoms with Gasteiger partial charge >= 0.3 is 0 Å². The predicted molar refractivity (Wildman–Crippen MR) is 149 cm³/mol. The summed E-state index contributed by atoms with van der Waals surface area (Å²) in [5, 5.41) is 10.2. The Morgan fingerprint density at radius 2 is 1.86 bits per heavy atom. The molecule has 0 unspecified atom stereocenters. The Hall–Kier alpha value is -3.06. The highest BCUT2D eigenvalue weighted by atomic mass is 32.2. The lowest BCUT2D eigenvalue weighted by atomic mass is 9.62. The Morgan fingerprint density at radius 3 is 2.65 bits per heavy atom. The first kappa shape index (κ1) is 24.3. The van der Waals surface area contributed by atoms with Crippen LogP contribution in [0.5, 0.6) is 5.75 Å². The summed E-state index contributed by atoms with van der Waals surface area (Å²) in [6.45, 7) is 4.49. The fourth-order valence-corrected chi connectivity index (χ4v) is 7.40. The quantitative estimate of drug-likeness (QED) is 0.277. The normalized spacial score (nSPS) is 16.2. The van der Waals surface area contributed by atoms with E-state index < -0.39 is 0 Å². The molecule has 7 heteroatoms. The van der Waals surface area contributed by atoms with Gasteiger partial charge in [0.25, 0.3) is 5.56 Å². The number of ether oxygens (including phenoxy) is 1. The van der Waals surface area contributed by atoms with Crippen LogP contribution in [0.3, 0.4) is 0 Å². The fraction of sp³-hybridized carbons (Fsp3) is 0.433. The van der Waals surface area contributed by atoms with Crippen LogP contribution in [0.15, 0.2) is 58.5 Å². The maximum Gasteiger partial charge on any atom is 0.263 e. The number of fused-ring (bicyclic) bond motifs is 6.